The summed E-state index contributed by atoms with van der Waals surface area (Å²) in [6.07, 6.45) is 3.82. The fourth-order valence-corrected chi connectivity index (χ4v) is 1.93. The molecule has 15 heavy (non-hydrogen) atoms. The van der Waals surface area contributed by atoms with Crippen molar-refractivity contribution in [1.82, 2.24) is 5.32 Å². The molecule has 0 radical (unpaired) electrons. The quantitative estimate of drug-likeness (QED) is 0.348. The smallest absolute Gasteiger partial charge is 0.183 e. The van der Waals surface area contributed by atoms with E-state index < -0.39 is 0 Å². The Hall–Kier alpha value is -0.690. The van der Waals surface area contributed by atoms with Crippen LogP contribution in [0.1, 0.15) is 27.7 Å². The van der Waals surface area contributed by atoms with Gasteiger partial charge in [0.2, 0.25) is 0 Å². The first kappa shape index (κ1) is 14.3. The molecule has 0 atom stereocenters. The normalized spacial score (nSPS) is 12.3. The first-order valence-electron chi connectivity index (χ1n) is 5.26. The minimum atomic E-state index is 0.577. The maximum Gasteiger partial charge on any atom is 0.183 e. The summed E-state index contributed by atoms with van der Waals surface area (Å²) in [5.74, 6) is 1.82. The Morgan fingerprint density at radius 3 is 2.20 bits per heavy atom. The number of hydrogen-bond acceptors (Lipinski definition) is 3. The van der Waals surface area contributed by atoms with Gasteiger partial charge in [-0.1, -0.05) is 39.5 Å². The van der Waals surface area contributed by atoms with Crippen LogP contribution in [0.5, 0.6) is 0 Å². The van der Waals surface area contributed by atoms with Crippen LogP contribution in [0.2, 0.25) is 0 Å². The number of nitrogens with one attached hydrogen (secondary N) is 1. The second-order valence-corrected chi connectivity index (χ2v) is 5.03. The molecule has 1 N–H and O–H groups in total. The second kappa shape index (κ2) is 7.58. The predicted octanol–water partition coefficient (Wildman–Crippen LogP) is 2.70. The molecule has 0 unspecified atom stereocenters. The summed E-state index contributed by atoms with van der Waals surface area (Å²) in [6, 6.07) is 0. The average Bonchev–Trinajstić information content (AvgIpc) is 2.15. The van der Waals surface area contributed by atoms with E-state index in [1.165, 1.54) is 11.8 Å². The molecule has 3 nitrogen and oxygen atoms in total. The molecule has 0 saturated heterocycles. The summed E-state index contributed by atoms with van der Waals surface area (Å²) in [7, 11) is 0. The Kier molecular flexibility index (Phi) is 7.23. The standard InChI is InChI=1S/C11H21N3S/c1-8(2)10(9(3)4)6-13-11(15-5)14-7-12/h8-10H,6H2,1-5H3,(H,13,14). The summed E-state index contributed by atoms with van der Waals surface area (Å²) in [4.78, 5) is 4.42. The van der Waals surface area contributed by atoms with Crippen molar-refractivity contribution in [2.45, 2.75) is 27.7 Å². The number of hydrogen-bond donors (Lipinski definition) is 1. The predicted molar refractivity (Wildman–Crippen MR) is 67.7 cm³/mol. The van der Waals surface area contributed by atoms with Gasteiger partial charge in [0.1, 0.15) is 0 Å². The van der Waals surface area contributed by atoms with Crippen molar-refractivity contribution in [2.24, 2.45) is 22.7 Å². The van der Waals surface area contributed by atoms with Gasteiger partial charge in [-0.3, -0.25) is 10.3 Å². The molecule has 0 spiro atoms. The molecular formula is C11H21N3S. The molecule has 0 heterocycles. The van der Waals surface area contributed by atoms with E-state index in [-0.39, 0.29) is 0 Å². The molecule has 0 fully saturated rings. The number of rotatable bonds is 4. The van der Waals surface area contributed by atoms with Crippen molar-refractivity contribution in [3.63, 3.8) is 0 Å². The van der Waals surface area contributed by atoms with Gasteiger partial charge in [0.25, 0.3) is 0 Å². The molecule has 86 valence electrons. The second-order valence-electron chi connectivity index (χ2n) is 4.24. The first-order valence-corrected chi connectivity index (χ1v) is 6.48. The van der Waals surface area contributed by atoms with Crippen LogP contribution in [0.4, 0.5) is 0 Å². The number of nitrogens with zero attached hydrogens (tertiary/aromatic N) is 2. The summed E-state index contributed by atoms with van der Waals surface area (Å²) in [6.45, 7) is 9.67. The molecule has 0 aliphatic carbocycles. The zero-order chi connectivity index (χ0) is 11.8. The molecule has 0 aromatic carbocycles. The van der Waals surface area contributed by atoms with E-state index in [0.717, 1.165) is 6.54 Å². The minimum Gasteiger partial charge on any atom is -0.272 e. The topological polar surface area (TPSA) is 48.2 Å². The van der Waals surface area contributed by atoms with Gasteiger partial charge in [0.05, 0.1) is 0 Å². The third-order valence-corrected chi connectivity index (χ3v) is 3.13. The van der Waals surface area contributed by atoms with Gasteiger partial charge in [0.15, 0.2) is 11.4 Å². The fourth-order valence-electron chi connectivity index (χ4n) is 1.58. The number of aliphatic imine (C=N–C) groups is 1. The van der Waals surface area contributed by atoms with Crippen molar-refractivity contribution in [3.8, 4) is 6.19 Å². The highest BCUT2D eigenvalue weighted by Crippen LogP contribution is 2.20. The van der Waals surface area contributed by atoms with Gasteiger partial charge < -0.3 is 0 Å². The van der Waals surface area contributed by atoms with Crippen LogP contribution in [-0.4, -0.2) is 18.0 Å². The lowest BCUT2D eigenvalue weighted by Gasteiger charge is -2.22. The minimum absolute atomic E-state index is 0.577. The van der Waals surface area contributed by atoms with Gasteiger partial charge in [-0.15, -0.1) is 0 Å². The lowest BCUT2D eigenvalue weighted by Crippen LogP contribution is -2.21. The van der Waals surface area contributed by atoms with Crippen LogP contribution >= 0.6 is 11.8 Å². The van der Waals surface area contributed by atoms with E-state index in [0.29, 0.717) is 22.9 Å². The summed E-state index contributed by atoms with van der Waals surface area (Å²) < 4.78 is 0. The molecule has 0 aliphatic rings. The largest absolute Gasteiger partial charge is 0.272 e. The Bertz CT molecular complexity index is 233. The highest BCUT2D eigenvalue weighted by molar-refractivity contribution is 8.13. The molecule has 0 aromatic rings. The van der Waals surface area contributed by atoms with Gasteiger partial charge in [-0.05, 0) is 24.0 Å². The van der Waals surface area contributed by atoms with E-state index in [1.54, 1.807) is 0 Å². The van der Waals surface area contributed by atoms with Crippen molar-refractivity contribution >= 4 is 16.9 Å². The Morgan fingerprint density at radius 1 is 1.33 bits per heavy atom. The first-order chi connectivity index (χ1) is 7.02. The zero-order valence-corrected chi connectivity index (χ0v) is 11.1. The summed E-state index contributed by atoms with van der Waals surface area (Å²) in [5.41, 5.74) is 0. The fraction of sp³-hybridized carbons (Fsp3) is 0.818. The molecule has 0 saturated carbocycles. The molecule has 0 bridgehead atoms. The van der Waals surface area contributed by atoms with E-state index in [2.05, 4.69) is 38.0 Å². The van der Waals surface area contributed by atoms with E-state index in [1.807, 2.05) is 12.4 Å². The van der Waals surface area contributed by atoms with Gasteiger partial charge in [0, 0.05) is 6.54 Å². The van der Waals surface area contributed by atoms with E-state index >= 15 is 0 Å². The maximum atomic E-state index is 8.50. The Morgan fingerprint density at radius 2 is 1.87 bits per heavy atom. The third-order valence-electron chi connectivity index (χ3n) is 2.51. The van der Waals surface area contributed by atoms with Crippen LogP contribution in [0.3, 0.4) is 0 Å². The molecule has 0 amide bonds. The SMILES string of the molecule is CSC(=NCC(C(C)C)C(C)C)NC#N. The van der Waals surface area contributed by atoms with Crippen LogP contribution in [0, 0.1) is 29.2 Å². The number of amidine groups is 1. The van der Waals surface area contributed by atoms with Crippen molar-refractivity contribution in [1.29, 1.82) is 5.26 Å². The van der Waals surface area contributed by atoms with E-state index in [4.69, 9.17) is 5.26 Å². The number of nitriles is 1. The molecular weight excluding hydrogens is 206 g/mol. The van der Waals surface area contributed by atoms with Gasteiger partial charge >= 0.3 is 0 Å². The van der Waals surface area contributed by atoms with Crippen LogP contribution in [0.15, 0.2) is 4.99 Å². The summed E-state index contributed by atoms with van der Waals surface area (Å²) in [5, 5.41) is 11.8. The lowest BCUT2D eigenvalue weighted by atomic mass is 9.86. The van der Waals surface area contributed by atoms with Crippen LogP contribution in [-0.2, 0) is 0 Å². The van der Waals surface area contributed by atoms with Crippen molar-refractivity contribution in [2.75, 3.05) is 12.8 Å². The van der Waals surface area contributed by atoms with Crippen molar-refractivity contribution in [3.05, 3.63) is 0 Å². The number of thioether (sulfide) groups is 1. The molecule has 0 aliphatic heterocycles. The molecule has 0 aromatic heterocycles. The monoisotopic (exact) mass is 227 g/mol. The highest BCUT2D eigenvalue weighted by Gasteiger charge is 2.16. The van der Waals surface area contributed by atoms with Gasteiger partial charge in [-0.2, -0.15) is 5.26 Å². The Balaban J connectivity index is 4.35. The average molecular weight is 227 g/mol. The van der Waals surface area contributed by atoms with E-state index in [9.17, 15) is 0 Å². The van der Waals surface area contributed by atoms with Crippen LogP contribution in [0.25, 0.3) is 0 Å². The van der Waals surface area contributed by atoms with Gasteiger partial charge in [-0.25, -0.2) is 0 Å². The zero-order valence-electron chi connectivity index (χ0n) is 10.2. The molecule has 0 rings (SSSR count). The summed E-state index contributed by atoms with van der Waals surface area (Å²) >= 11 is 1.48. The Labute approximate surface area is 97.3 Å². The van der Waals surface area contributed by atoms with Crippen LogP contribution < -0.4 is 5.32 Å². The highest BCUT2D eigenvalue weighted by atomic mass is 32.2. The lowest BCUT2D eigenvalue weighted by molar-refractivity contribution is 0.298. The van der Waals surface area contributed by atoms with Crippen molar-refractivity contribution < 1.29 is 0 Å². The third kappa shape index (κ3) is 5.68. The molecule has 4 heteroatoms. The maximum absolute atomic E-state index is 8.50.